The van der Waals surface area contributed by atoms with Gasteiger partial charge in [0.2, 0.25) is 5.91 Å². The second kappa shape index (κ2) is 10.7. The van der Waals surface area contributed by atoms with Crippen molar-refractivity contribution in [2.45, 2.75) is 25.3 Å². The van der Waals surface area contributed by atoms with E-state index in [1.54, 1.807) is 6.07 Å². The van der Waals surface area contributed by atoms with Crippen LogP contribution in [0.3, 0.4) is 0 Å². The smallest absolute Gasteiger partial charge is 0.272 e. The Bertz CT molecular complexity index is 729. The molecule has 0 radical (unpaired) electrons. The zero-order chi connectivity index (χ0) is 18.2. The Kier molecular flexibility index (Phi) is 8.29. The highest BCUT2D eigenvalue weighted by atomic mass is 35.5. The number of halogens is 1. The lowest BCUT2D eigenvalue weighted by Gasteiger charge is -2.22. The maximum absolute atomic E-state index is 12.2. The van der Waals surface area contributed by atoms with Gasteiger partial charge in [0.1, 0.15) is 5.69 Å². The van der Waals surface area contributed by atoms with Crippen molar-refractivity contribution in [2.24, 2.45) is 0 Å². The molecule has 8 heteroatoms. The molecule has 1 unspecified atom stereocenters. The molecule has 1 aromatic carbocycles. The van der Waals surface area contributed by atoms with Gasteiger partial charge in [-0.15, -0.1) is 12.4 Å². The number of piperidine rings is 1. The summed E-state index contributed by atoms with van der Waals surface area (Å²) in [6.45, 7) is 2.39. The molecule has 7 nitrogen and oxygen atoms in total. The maximum atomic E-state index is 12.2. The topological polar surface area (TPSA) is 88.1 Å². The maximum Gasteiger partial charge on any atom is 0.272 e. The fourth-order valence-corrected chi connectivity index (χ4v) is 3.03. The van der Waals surface area contributed by atoms with Gasteiger partial charge in [0.05, 0.1) is 12.6 Å². The van der Waals surface area contributed by atoms with Crippen LogP contribution in [0, 0.1) is 0 Å². The van der Waals surface area contributed by atoms with Crippen LogP contribution >= 0.6 is 12.4 Å². The van der Waals surface area contributed by atoms with E-state index >= 15 is 0 Å². The van der Waals surface area contributed by atoms with Gasteiger partial charge in [0.25, 0.3) is 5.91 Å². The number of rotatable bonds is 7. The Morgan fingerprint density at radius 3 is 2.74 bits per heavy atom. The number of hydrogen-bond acceptors (Lipinski definition) is 4. The van der Waals surface area contributed by atoms with Crippen LogP contribution in [-0.4, -0.2) is 47.8 Å². The van der Waals surface area contributed by atoms with E-state index in [0.29, 0.717) is 12.2 Å². The van der Waals surface area contributed by atoms with E-state index in [-0.39, 0.29) is 36.8 Å². The molecular formula is C19H26ClN5O2. The summed E-state index contributed by atoms with van der Waals surface area (Å²) >= 11 is 0. The molecule has 0 saturated carbocycles. The molecule has 2 heterocycles. The first-order valence-corrected chi connectivity index (χ1v) is 9.07. The number of amides is 2. The Morgan fingerprint density at radius 2 is 2.00 bits per heavy atom. The fourth-order valence-electron chi connectivity index (χ4n) is 3.03. The van der Waals surface area contributed by atoms with Gasteiger partial charge < -0.3 is 16.0 Å². The summed E-state index contributed by atoms with van der Waals surface area (Å²) in [6.07, 6.45) is 4.75. The molecule has 0 bridgehead atoms. The van der Waals surface area contributed by atoms with Gasteiger partial charge in [0, 0.05) is 19.3 Å². The van der Waals surface area contributed by atoms with Gasteiger partial charge in [-0.05, 0) is 37.4 Å². The quantitative estimate of drug-likeness (QED) is 0.664. The van der Waals surface area contributed by atoms with E-state index < -0.39 is 0 Å². The van der Waals surface area contributed by atoms with Crippen LogP contribution in [0.15, 0.2) is 42.6 Å². The molecule has 0 aliphatic carbocycles. The predicted octanol–water partition coefficient (Wildman–Crippen LogP) is 1.32. The van der Waals surface area contributed by atoms with E-state index in [1.165, 1.54) is 5.56 Å². The van der Waals surface area contributed by atoms with Gasteiger partial charge in [-0.3, -0.25) is 14.3 Å². The molecule has 27 heavy (non-hydrogen) atoms. The number of carbonyl (C=O) groups is 2. The molecule has 3 N–H and O–H groups in total. The Balaban J connectivity index is 0.00000261. The molecule has 1 atom stereocenters. The van der Waals surface area contributed by atoms with E-state index in [1.807, 2.05) is 41.2 Å². The van der Waals surface area contributed by atoms with Gasteiger partial charge >= 0.3 is 0 Å². The summed E-state index contributed by atoms with van der Waals surface area (Å²) in [5, 5.41) is 13.1. The molecule has 1 aliphatic heterocycles. The molecule has 1 fully saturated rings. The van der Waals surface area contributed by atoms with Gasteiger partial charge in [0.15, 0.2) is 0 Å². The van der Waals surface area contributed by atoms with Crippen LogP contribution < -0.4 is 16.0 Å². The standard InChI is InChI=1S/C19H25N5O2.ClH/c25-18(21-11-8-15-5-2-1-3-6-15)14-22-19(26)17-9-12-24(23-17)16-7-4-10-20-13-16;/h1-3,5-6,9,12,16,20H,4,7-8,10-11,13-14H2,(H,21,25)(H,22,26);1H. The van der Waals surface area contributed by atoms with Crippen molar-refractivity contribution in [3.05, 3.63) is 53.9 Å². The third kappa shape index (κ3) is 6.37. The average Bonchev–Trinajstić information content (AvgIpc) is 3.18. The monoisotopic (exact) mass is 391 g/mol. The Labute approximate surface area is 165 Å². The summed E-state index contributed by atoms with van der Waals surface area (Å²) in [5.41, 5.74) is 1.51. The lowest BCUT2D eigenvalue weighted by molar-refractivity contribution is -0.120. The van der Waals surface area contributed by atoms with Crippen LogP contribution in [0.4, 0.5) is 0 Å². The van der Waals surface area contributed by atoms with Gasteiger partial charge in [-0.25, -0.2) is 0 Å². The van der Waals surface area contributed by atoms with Crippen molar-refractivity contribution >= 4 is 24.2 Å². The number of aromatic nitrogens is 2. The highest BCUT2D eigenvalue weighted by molar-refractivity contribution is 5.94. The lowest BCUT2D eigenvalue weighted by atomic mass is 10.1. The molecule has 3 rings (SSSR count). The first kappa shape index (κ1) is 20.9. The van der Waals surface area contributed by atoms with Crippen molar-refractivity contribution in [1.29, 1.82) is 0 Å². The van der Waals surface area contributed by atoms with Crippen LogP contribution in [-0.2, 0) is 11.2 Å². The highest BCUT2D eigenvalue weighted by Crippen LogP contribution is 2.15. The third-order valence-corrected chi connectivity index (χ3v) is 4.47. The molecule has 1 aromatic heterocycles. The van der Waals surface area contributed by atoms with E-state index in [4.69, 9.17) is 0 Å². The number of hydrogen-bond donors (Lipinski definition) is 3. The largest absolute Gasteiger partial charge is 0.354 e. The minimum atomic E-state index is -0.328. The normalized spacial score (nSPS) is 16.2. The van der Waals surface area contributed by atoms with Crippen LogP contribution in [0.5, 0.6) is 0 Å². The first-order valence-electron chi connectivity index (χ1n) is 9.07. The molecule has 2 amide bonds. The molecule has 146 valence electrons. The lowest BCUT2D eigenvalue weighted by Crippen LogP contribution is -2.38. The second-order valence-corrected chi connectivity index (χ2v) is 6.45. The molecule has 1 saturated heterocycles. The molecule has 1 aliphatic rings. The minimum Gasteiger partial charge on any atom is -0.354 e. The minimum absolute atomic E-state index is 0. The second-order valence-electron chi connectivity index (χ2n) is 6.45. The number of carbonyl (C=O) groups excluding carboxylic acids is 2. The average molecular weight is 392 g/mol. The van der Waals surface area contributed by atoms with E-state index in [0.717, 1.165) is 32.4 Å². The zero-order valence-electron chi connectivity index (χ0n) is 15.2. The molecule has 0 spiro atoms. The van der Waals surface area contributed by atoms with Crippen LogP contribution in [0.25, 0.3) is 0 Å². The SMILES string of the molecule is Cl.O=C(CNC(=O)c1ccn(C2CCCNC2)n1)NCCc1ccccc1. The zero-order valence-corrected chi connectivity index (χ0v) is 16.0. The van der Waals surface area contributed by atoms with Crippen molar-refractivity contribution in [2.75, 3.05) is 26.2 Å². The third-order valence-electron chi connectivity index (χ3n) is 4.47. The van der Waals surface area contributed by atoms with E-state index in [9.17, 15) is 9.59 Å². The van der Waals surface area contributed by atoms with Crippen molar-refractivity contribution in [3.8, 4) is 0 Å². The number of nitrogens with zero attached hydrogens (tertiary/aromatic N) is 2. The fraction of sp³-hybridized carbons (Fsp3) is 0.421. The summed E-state index contributed by atoms with van der Waals surface area (Å²) in [7, 11) is 0. The summed E-state index contributed by atoms with van der Waals surface area (Å²) in [5.74, 6) is -0.532. The van der Waals surface area contributed by atoms with Gasteiger partial charge in [-0.1, -0.05) is 30.3 Å². The first-order chi connectivity index (χ1) is 12.7. The van der Waals surface area contributed by atoms with Crippen molar-refractivity contribution in [3.63, 3.8) is 0 Å². The number of benzene rings is 1. The summed E-state index contributed by atoms with van der Waals surface area (Å²) in [4.78, 5) is 24.0. The summed E-state index contributed by atoms with van der Waals surface area (Å²) in [6, 6.07) is 11.9. The highest BCUT2D eigenvalue weighted by Gasteiger charge is 2.17. The summed E-state index contributed by atoms with van der Waals surface area (Å²) < 4.78 is 1.83. The Hall–Kier alpha value is -2.38. The Morgan fingerprint density at radius 1 is 1.19 bits per heavy atom. The number of nitrogens with one attached hydrogen (secondary N) is 3. The van der Waals surface area contributed by atoms with Crippen LogP contribution in [0.1, 0.15) is 34.9 Å². The van der Waals surface area contributed by atoms with Crippen molar-refractivity contribution in [1.82, 2.24) is 25.7 Å². The van der Waals surface area contributed by atoms with Crippen molar-refractivity contribution < 1.29 is 9.59 Å². The van der Waals surface area contributed by atoms with Crippen LogP contribution in [0.2, 0.25) is 0 Å². The molecule has 2 aromatic rings. The molecular weight excluding hydrogens is 366 g/mol. The van der Waals surface area contributed by atoms with Gasteiger partial charge in [-0.2, -0.15) is 5.10 Å². The van der Waals surface area contributed by atoms with E-state index in [2.05, 4.69) is 21.0 Å². The predicted molar refractivity (Wildman–Crippen MR) is 106 cm³/mol.